The summed E-state index contributed by atoms with van der Waals surface area (Å²) in [7, 11) is 0. The fourth-order valence-electron chi connectivity index (χ4n) is 3.31. The van der Waals surface area contributed by atoms with Gasteiger partial charge in [0.05, 0.1) is 10.4 Å². The molecule has 1 atom stereocenters. The number of carbonyl (C=O) groups is 1. The Morgan fingerprint density at radius 2 is 2.07 bits per heavy atom. The molecule has 3 rings (SSSR count). The number of nitro groups is 1. The molecule has 0 spiro atoms. The molecule has 28 heavy (non-hydrogen) atoms. The highest BCUT2D eigenvalue weighted by molar-refractivity contribution is 5.82. The summed E-state index contributed by atoms with van der Waals surface area (Å²) in [4.78, 5) is 30.3. The fourth-order valence-corrected chi connectivity index (χ4v) is 3.31. The van der Waals surface area contributed by atoms with Crippen LogP contribution in [-0.4, -0.2) is 58.2 Å². The molecule has 1 unspecified atom stereocenters. The van der Waals surface area contributed by atoms with Crippen molar-refractivity contribution in [3.05, 3.63) is 40.4 Å². The monoisotopic (exact) mass is 389 g/mol. The molecule has 1 aromatic heterocycles. The van der Waals surface area contributed by atoms with Crippen LogP contribution in [0, 0.1) is 10.1 Å². The van der Waals surface area contributed by atoms with Crippen molar-refractivity contribution in [3.8, 4) is 0 Å². The number of pyridine rings is 1. The number of aromatic nitrogens is 1. The maximum absolute atomic E-state index is 11.5. The number of aliphatic hydroxyl groups is 1. The van der Waals surface area contributed by atoms with Gasteiger partial charge in [0.2, 0.25) is 0 Å². The van der Waals surface area contributed by atoms with E-state index in [9.17, 15) is 14.9 Å². The third kappa shape index (κ3) is 4.86. The average molecular weight is 389 g/mol. The lowest BCUT2D eigenvalue weighted by atomic mass is 10.1. The maximum Gasteiger partial charge on any atom is 0.314 e. The Kier molecular flexibility index (Phi) is 7.51. The molecular formula is C19H27N5O4. The van der Waals surface area contributed by atoms with Crippen molar-refractivity contribution in [1.29, 1.82) is 0 Å². The van der Waals surface area contributed by atoms with Gasteiger partial charge in [-0.3, -0.25) is 10.1 Å². The molecule has 9 heteroatoms. The third-order valence-corrected chi connectivity index (χ3v) is 4.65. The molecule has 1 fully saturated rings. The van der Waals surface area contributed by atoms with E-state index in [1.807, 2.05) is 26.0 Å². The van der Waals surface area contributed by atoms with E-state index in [0.29, 0.717) is 43.4 Å². The largest absolute Gasteiger partial charge is 0.396 e. The number of benzene rings is 1. The van der Waals surface area contributed by atoms with Crippen LogP contribution >= 0.6 is 0 Å². The smallest absolute Gasteiger partial charge is 0.314 e. The van der Waals surface area contributed by atoms with Crippen LogP contribution in [0.25, 0.3) is 10.9 Å². The molecule has 1 aliphatic rings. The number of urea groups is 1. The second-order valence-corrected chi connectivity index (χ2v) is 6.30. The Morgan fingerprint density at radius 1 is 1.32 bits per heavy atom. The Bertz CT molecular complexity index is 829. The number of primary amides is 1. The highest BCUT2D eigenvalue weighted by atomic mass is 16.6. The highest BCUT2D eigenvalue weighted by Crippen LogP contribution is 2.26. The Labute approximate surface area is 163 Å². The first-order valence-electron chi connectivity index (χ1n) is 9.46. The molecule has 0 radical (unpaired) electrons. The molecule has 2 heterocycles. The quantitative estimate of drug-likeness (QED) is 0.598. The van der Waals surface area contributed by atoms with Crippen LogP contribution in [0.1, 0.15) is 26.7 Å². The zero-order valence-corrected chi connectivity index (χ0v) is 16.2. The van der Waals surface area contributed by atoms with Gasteiger partial charge >= 0.3 is 6.03 Å². The molecule has 152 valence electrons. The number of piperazine rings is 1. The zero-order valence-electron chi connectivity index (χ0n) is 16.2. The van der Waals surface area contributed by atoms with E-state index in [-0.39, 0.29) is 18.3 Å². The molecule has 2 aromatic rings. The lowest BCUT2D eigenvalue weighted by Gasteiger charge is -2.41. The van der Waals surface area contributed by atoms with Gasteiger partial charge in [-0.1, -0.05) is 13.8 Å². The van der Waals surface area contributed by atoms with Gasteiger partial charge in [0, 0.05) is 49.8 Å². The van der Waals surface area contributed by atoms with Gasteiger partial charge in [-0.15, -0.1) is 0 Å². The predicted molar refractivity (Wildman–Crippen MR) is 108 cm³/mol. The van der Waals surface area contributed by atoms with E-state index < -0.39 is 11.0 Å². The second kappa shape index (κ2) is 9.84. The third-order valence-electron chi connectivity index (χ3n) is 4.65. The molecule has 1 aliphatic heterocycles. The number of non-ortho nitro benzene ring substituents is 1. The second-order valence-electron chi connectivity index (χ2n) is 6.30. The molecule has 0 bridgehead atoms. The summed E-state index contributed by atoms with van der Waals surface area (Å²) >= 11 is 0. The predicted octanol–water partition coefficient (Wildman–Crippen LogP) is 2.51. The molecule has 0 saturated carbocycles. The van der Waals surface area contributed by atoms with Gasteiger partial charge in [0.15, 0.2) is 0 Å². The first-order chi connectivity index (χ1) is 13.5. The lowest BCUT2D eigenvalue weighted by Crippen LogP contribution is -2.56. The lowest BCUT2D eigenvalue weighted by molar-refractivity contribution is -0.384. The first kappa shape index (κ1) is 21.4. The zero-order chi connectivity index (χ0) is 20.7. The average Bonchev–Trinajstić information content (AvgIpc) is 2.72. The van der Waals surface area contributed by atoms with Gasteiger partial charge < -0.3 is 20.6 Å². The van der Waals surface area contributed by atoms with Gasteiger partial charge in [0.1, 0.15) is 5.82 Å². The molecule has 3 N–H and O–H groups in total. The number of hydrogen-bond donors (Lipinski definition) is 2. The number of rotatable bonds is 5. The van der Waals surface area contributed by atoms with Crippen LogP contribution in [0.2, 0.25) is 0 Å². The molecule has 2 amide bonds. The number of nitrogens with zero attached hydrogens (tertiary/aromatic N) is 4. The van der Waals surface area contributed by atoms with Crippen LogP contribution in [0.5, 0.6) is 0 Å². The summed E-state index contributed by atoms with van der Waals surface area (Å²) in [5.41, 5.74) is 6.11. The molecular weight excluding hydrogens is 362 g/mol. The minimum atomic E-state index is -0.447. The summed E-state index contributed by atoms with van der Waals surface area (Å²) < 4.78 is 0. The highest BCUT2D eigenvalue weighted by Gasteiger charge is 2.29. The summed E-state index contributed by atoms with van der Waals surface area (Å²) in [6.45, 7) is 5.65. The van der Waals surface area contributed by atoms with Gasteiger partial charge in [0.25, 0.3) is 5.69 Å². The number of anilines is 1. The SMILES string of the molecule is CC.NC(=O)N1CCN(c2ccc3cc([N+](=O)[O-])ccc3n2)C(CCCO)C1. The van der Waals surface area contributed by atoms with Crippen molar-refractivity contribution in [2.24, 2.45) is 5.73 Å². The van der Waals surface area contributed by atoms with E-state index in [1.165, 1.54) is 12.1 Å². The van der Waals surface area contributed by atoms with Gasteiger partial charge in [-0.25, -0.2) is 9.78 Å². The molecule has 0 aliphatic carbocycles. The Morgan fingerprint density at radius 3 is 2.71 bits per heavy atom. The maximum atomic E-state index is 11.5. The van der Waals surface area contributed by atoms with E-state index in [4.69, 9.17) is 10.8 Å². The standard InChI is InChI=1S/C17H21N5O4.C2H6/c18-17(24)20-7-8-21(14(11-20)2-1-9-23)16-6-3-12-10-13(22(25)26)4-5-15(12)19-16;1-2/h3-6,10,14,23H,1-2,7-9,11H2,(H2,18,24);1-2H3. The van der Waals surface area contributed by atoms with E-state index in [1.54, 1.807) is 11.0 Å². The van der Waals surface area contributed by atoms with Crippen LogP contribution < -0.4 is 10.6 Å². The minimum absolute atomic E-state index is 0.00592. The topological polar surface area (TPSA) is 126 Å². The van der Waals surface area contributed by atoms with Crippen molar-refractivity contribution in [3.63, 3.8) is 0 Å². The number of carbonyl (C=O) groups excluding carboxylic acids is 1. The number of amides is 2. The first-order valence-corrected chi connectivity index (χ1v) is 9.46. The number of nitrogens with two attached hydrogens (primary N) is 1. The number of nitro benzene ring substituents is 1. The van der Waals surface area contributed by atoms with Crippen molar-refractivity contribution in [1.82, 2.24) is 9.88 Å². The van der Waals surface area contributed by atoms with Crippen molar-refractivity contribution < 1.29 is 14.8 Å². The number of aliphatic hydroxyl groups excluding tert-OH is 1. The number of fused-ring (bicyclic) bond motifs is 1. The van der Waals surface area contributed by atoms with E-state index in [2.05, 4.69) is 9.88 Å². The molecule has 1 aromatic carbocycles. The molecule has 1 saturated heterocycles. The number of hydrogen-bond acceptors (Lipinski definition) is 6. The van der Waals surface area contributed by atoms with Gasteiger partial charge in [-0.2, -0.15) is 0 Å². The van der Waals surface area contributed by atoms with Crippen molar-refractivity contribution >= 4 is 28.4 Å². The minimum Gasteiger partial charge on any atom is -0.396 e. The Balaban J connectivity index is 0.00000136. The van der Waals surface area contributed by atoms with Crippen molar-refractivity contribution in [2.75, 3.05) is 31.1 Å². The Hall–Kier alpha value is -2.94. The normalized spacial score (nSPS) is 16.5. The van der Waals surface area contributed by atoms with Crippen LogP contribution in [0.4, 0.5) is 16.3 Å². The molecule has 9 nitrogen and oxygen atoms in total. The summed E-state index contributed by atoms with van der Waals surface area (Å²) in [5.74, 6) is 0.749. The van der Waals surface area contributed by atoms with E-state index >= 15 is 0 Å². The fraction of sp³-hybridized carbons (Fsp3) is 0.474. The van der Waals surface area contributed by atoms with E-state index in [0.717, 1.165) is 5.82 Å². The summed E-state index contributed by atoms with van der Waals surface area (Å²) in [5, 5.41) is 20.7. The van der Waals surface area contributed by atoms with Gasteiger partial charge in [-0.05, 0) is 31.0 Å². The van der Waals surface area contributed by atoms with Crippen LogP contribution in [0.15, 0.2) is 30.3 Å². The van der Waals surface area contributed by atoms with Crippen LogP contribution in [0.3, 0.4) is 0 Å². The van der Waals surface area contributed by atoms with Crippen molar-refractivity contribution in [2.45, 2.75) is 32.7 Å². The summed E-state index contributed by atoms with van der Waals surface area (Å²) in [6, 6.07) is 7.78. The van der Waals surface area contributed by atoms with Crippen LogP contribution in [-0.2, 0) is 0 Å². The summed E-state index contributed by atoms with van der Waals surface area (Å²) in [6.07, 6.45) is 1.33.